The SMILES string of the molecule is CN1CCN(c2cccc3ccc(NC(=O)c4ccccc4I)cc23)CC1. The van der Waals surface area contributed by atoms with Crippen molar-refractivity contribution in [1.29, 1.82) is 0 Å². The van der Waals surface area contributed by atoms with E-state index in [4.69, 9.17) is 0 Å². The monoisotopic (exact) mass is 471 g/mol. The van der Waals surface area contributed by atoms with E-state index in [1.807, 2.05) is 30.3 Å². The maximum atomic E-state index is 12.7. The van der Waals surface area contributed by atoms with Crippen molar-refractivity contribution in [2.24, 2.45) is 0 Å². The minimum Gasteiger partial charge on any atom is -0.368 e. The first-order valence-corrected chi connectivity index (χ1v) is 10.2. The minimum absolute atomic E-state index is 0.0728. The summed E-state index contributed by atoms with van der Waals surface area (Å²) in [4.78, 5) is 17.5. The zero-order valence-electron chi connectivity index (χ0n) is 15.3. The van der Waals surface area contributed by atoms with Crippen LogP contribution in [0.1, 0.15) is 10.4 Å². The van der Waals surface area contributed by atoms with Crippen molar-refractivity contribution in [3.05, 3.63) is 69.8 Å². The number of piperazine rings is 1. The van der Waals surface area contributed by atoms with Crippen molar-refractivity contribution in [2.75, 3.05) is 43.4 Å². The van der Waals surface area contributed by atoms with Gasteiger partial charge >= 0.3 is 0 Å². The lowest BCUT2D eigenvalue weighted by molar-refractivity contribution is 0.102. The third-order valence-electron chi connectivity index (χ3n) is 5.08. The average Bonchev–Trinajstić information content (AvgIpc) is 2.68. The molecule has 1 heterocycles. The molecule has 0 saturated carbocycles. The molecule has 1 aliphatic rings. The van der Waals surface area contributed by atoms with E-state index < -0.39 is 0 Å². The van der Waals surface area contributed by atoms with Gasteiger partial charge in [-0.3, -0.25) is 4.79 Å². The van der Waals surface area contributed by atoms with Gasteiger partial charge in [0.05, 0.1) is 5.56 Å². The third-order valence-corrected chi connectivity index (χ3v) is 6.02. The maximum absolute atomic E-state index is 12.7. The van der Waals surface area contributed by atoms with E-state index in [9.17, 15) is 4.79 Å². The molecule has 1 saturated heterocycles. The molecule has 4 rings (SSSR count). The Balaban J connectivity index is 1.64. The van der Waals surface area contributed by atoms with Gasteiger partial charge in [0.1, 0.15) is 0 Å². The van der Waals surface area contributed by atoms with Gasteiger partial charge in [0.25, 0.3) is 5.91 Å². The largest absolute Gasteiger partial charge is 0.368 e. The van der Waals surface area contributed by atoms with Crippen LogP contribution in [0.3, 0.4) is 0 Å². The van der Waals surface area contributed by atoms with Crippen LogP contribution in [0.25, 0.3) is 10.8 Å². The van der Waals surface area contributed by atoms with Crippen LogP contribution in [0.15, 0.2) is 60.7 Å². The lowest BCUT2D eigenvalue weighted by Crippen LogP contribution is -2.44. The summed E-state index contributed by atoms with van der Waals surface area (Å²) < 4.78 is 0.950. The highest BCUT2D eigenvalue weighted by atomic mass is 127. The number of nitrogens with zero attached hydrogens (tertiary/aromatic N) is 2. The number of carbonyl (C=O) groups is 1. The van der Waals surface area contributed by atoms with Crippen molar-refractivity contribution in [1.82, 2.24) is 4.90 Å². The molecule has 1 N–H and O–H groups in total. The van der Waals surface area contributed by atoms with Crippen molar-refractivity contribution in [3.8, 4) is 0 Å². The molecule has 1 amide bonds. The van der Waals surface area contributed by atoms with E-state index in [0.717, 1.165) is 35.4 Å². The van der Waals surface area contributed by atoms with Crippen LogP contribution < -0.4 is 10.2 Å². The smallest absolute Gasteiger partial charge is 0.256 e. The molecule has 4 nitrogen and oxygen atoms in total. The van der Waals surface area contributed by atoms with Crippen LogP contribution in [-0.4, -0.2) is 44.0 Å². The molecule has 0 unspecified atom stereocenters. The Kier molecular flexibility index (Phi) is 5.31. The first-order valence-electron chi connectivity index (χ1n) is 9.14. The first kappa shape index (κ1) is 18.3. The molecule has 1 fully saturated rings. The normalized spacial score (nSPS) is 15.1. The second-order valence-corrected chi connectivity index (χ2v) is 8.10. The summed E-state index contributed by atoms with van der Waals surface area (Å²) in [6.45, 7) is 4.18. The molecule has 0 aliphatic carbocycles. The quantitative estimate of drug-likeness (QED) is 0.574. The number of hydrogen-bond acceptors (Lipinski definition) is 3. The predicted molar refractivity (Wildman–Crippen MR) is 121 cm³/mol. The summed E-state index contributed by atoms with van der Waals surface area (Å²) in [6, 6.07) is 20.2. The van der Waals surface area contributed by atoms with E-state index in [1.54, 1.807) is 0 Å². The van der Waals surface area contributed by atoms with Gasteiger partial charge in [-0.05, 0) is 65.4 Å². The summed E-state index contributed by atoms with van der Waals surface area (Å²) in [7, 11) is 2.17. The number of nitrogens with one attached hydrogen (secondary N) is 1. The molecule has 0 bridgehead atoms. The molecule has 0 radical (unpaired) electrons. The standard InChI is InChI=1S/C22H22IN3O/c1-25-11-13-26(14-12-25)21-8-4-5-16-9-10-17(15-19(16)21)24-22(27)18-6-2-3-7-20(18)23/h2-10,15H,11-14H2,1H3,(H,24,27). The summed E-state index contributed by atoms with van der Waals surface area (Å²) in [5.74, 6) is -0.0728. The highest BCUT2D eigenvalue weighted by Gasteiger charge is 2.17. The molecule has 1 aliphatic heterocycles. The molecular formula is C22H22IN3O. The van der Waals surface area contributed by atoms with Crippen molar-refractivity contribution in [2.45, 2.75) is 0 Å². The zero-order chi connectivity index (χ0) is 18.8. The van der Waals surface area contributed by atoms with Crippen molar-refractivity contribution in [3.63, 3.8) is 0 Å². The van der Waals surface area contributed by atoms with Crippen molar-refractivity contribution < 1.29 is 4.79 Å². The fourth-order valence-corrected chi connectivity index (χ4v) is 4.13. The highest BCUT2D eigenvalue weighted by molar-refractivity contribution is 14.1. The Labute approximate surface area is 173 Å². The third kappa shape index (κ3) is 3.94. The van der Waals surface area contributed by atoms with Gasteiger partial charge in [0, 0.05) is 46.5 Å². The first-order chi connectivity index (χ1) is 13.1. The van der Waals surface area contributed by atoms with Crippen LogP contribution in [0, 0.1) is 3.57 Å². The molecular weight excluding hydrogens is 449 g/mol. The Hall–Kier alpha value is -2.12. The Morgan fingerprint density at radius 1 is 0.963 bits per heavy atom. The van der Waals surface area contributed by atoms with Gasteiger partial charge in [-0.2, -0.15) is 0 Å². The van der Waals surface area contributed by atoms with Crippen LogP contribution in [0.2, 0.25) is 0 Å². The number of hydrogen-bond donors (Lipinski definition) is 1. The second-order valence-electron chi connectivity index (χ2n) is 6.94. The molecule has 5 heteroatoms. The lowest BCUT2D eigenvalue weighted by atomic mass is 10.1. The van der Waals surface area contributed by atoms with Gasteiger partial charge < -0.3 is 15.1 Å². The molecule has 27 heavy (non-hydrogen) atoms. The number of rotatable bonds is 3. The fourth-order valence-electron chi connectivity index (χ4n) is 3.50. The summed E-state index contributed by atoms with van der Waals surface area (Å²) in [6.07, 6.45) is 0. The number of amides is 1. The molecule has 0 spiro atoms. The van der Waals surface area contributed by atoms with Gasteiger partial charge in [-0.15, -0.1) is 0 Å². The van der Waals surface area contributed by atoms with Crippen LogP contribution in [0.5, 0.6) is 0 Å². The zero-order valence-corrected chi connectivity index (χ0v) is 17.4. The number of likely N-dealkylation sites (N-methyl/N-ethyl adjacent to an activating group) is 1. The molecule has 3 aromatic carbocycles. The molecule has 138 valence electrons. The van der Waals surface area contributed by atoms with E-state index in [1.165, 1.54) is 16.5 Å². The Morgan fingerprint density at radius 2 is 1.74 bits per heavy atom. The predicted octanol–water partition coefficient (Wildman–Crippen LogP) is 4.45. The maximum Gasteiger partial charge on any atom is 0.256 e. The number of anilines is 2. The van der Waals surface area contributed by atoms with Crippen LogP contribution in [0.4, 0.5) is 11.4 Å². The van der Waals surface area contributed by atoms with Gasteiger partial charge in [0.15, 0.2) is 0 Å². The van der Waals surface area contributed by atoms with E-state index in [2.05, 4.69) is 75.1 Å². The van der Waals surface area contributed by atoms with Crippen LogP contribution in [-0.2, 0) is 0 Å². The topological polar surface area (TPSA) is 35.6 Å². The van der Waals surface area contributed by atoms with E-state index >= 15 is 0 Å². The van der Waals surface area contributed by atoms with Gasteiger partial charge in [0.2, 0.25) is 0 Å². The van der Waals surface area contributed by atoms with Crippen LogP contribution >= 0.6 is 22.6 Å². The number of carbonyl (C=O) groups excluding carboxylic acids is 1. The number of halogens is 1. The number of fused-ring (bicyclic) bond motifs is 1. The molecule has 0 aromatic heterocycles. The summed E-state index contributed by atoms with van der Waals surface area (Å²) in [5.41, 5.74) is 2.77. The lowest BCUT2D eigenvalue weighted by Gasteiger charge is -2.34. The van der Waals surface area contributed by atoms with E-state index in [0.29, 0.717) is 5.56 Å². The highest BCUT2D eigenvalue weighted by Crippen LogP contribution is 2.30. The van der Waals surface area contributed by atoms with Gasteiger partial charge in [-0.1, -0.05) is 30.3 Å². The summed E-state index contributed by atoms with van der Waals surface area (Å²) >= 11 is 2.20. The minimum atomic E-state index is -0.0728. The molecule has 0 atom stereocenters. The van der Waals surface area contributed by atoms with Crippen molar-refractivity contribution >= 4 is 50.6 Å². The average molecular weight is 471 g/mol. The summed E-state index contributed by atoms with van der Waals surface area (Å²) in [5, 5.41) is 5.43. The second kappa shape index (κ2) is 7.86. The Bertz CT molecular complexity index is 980. The van der Waals surface area contributed by atoms with E-state index in [-0.39, 0.29) is 5.91 Å². The fraction of sp³-hybridized carbons (Fsp3) is 0.227. The van der Waals surface area contributed by atoms with Gasteiger partial charge in [-0.25, -0.2) is 0 Å². The molecule has 3 aromatic rings. The Morgan fingerprint density at radius 3 is 2.52 bits per heavy atom. The number of benzene rings is 3.